The SMILES string of the molecule is O=C(O)CSc1nnnn1CCC(=O)N1CCCC1. The third kappa shape index (κ3) is 3.91. The van der Waals surface area contributed by atoms with Crippen molar-refractivity contribution in [1.82, 2.24) is 25.1 Å². The van der Waals surface area contributed by atoms with Crippen LogP contribution in [0.4, 0.5) is 0 Å². The molecule has 1 N–H and O–H groups in total. The van der Waals surface area contributed by atoms with Gasteiger partial charge in [0.05, 0.1) is 12.3 Å². The first kappa shape index (κ1) is 13.8. The molecule has 1 aliphatic rings. The van der Waals surface area contributed by atoms with E-state index in [1.54, 1.807) is 0 Å². The van der Waals surface area contributed by atoms with Crippen molar-refractivity contribution < 1.29 is 14.7 Å². The average Bonchev–Trinajstić information content (AvgIpc) is 3.04. The molecule has 9 heteroatoms. The summed E-state index contributed by atoms with van der Waals surface area (Å²) in [5.74, 6) is -0.921. The van der Waals surface area contributed by atoms with Crippen LogP contribution in [0.15, 0.2) is 5.16 Å². The molecule has 0 bridgehead atoms. The van der Waals surface area contributed by atoms with Gasteiger partial charge >= 0.3 is 5.97 Å². The van der Waals surface area contributed by atoms with Crippen LogP contribution in [0.25, 0.3) is 0 Å². The van der Waals surface area contributed by atoms with Crippen LogP contribution in [-0.2, 0) is 16.1 Å². The van der Waals surface area contributed by atoms with E-state index >= 15 is 0 Å². The molecule has 0 aliphatic carbocycles. The molecule has 19 heavy (non-hydrogen) atoms. The number of aromatic nitrogens is 4. The number of nitrogens with zero attached hydrogens (tertiary/aromatic N) is 5. The number of carboxylic acid groups (broad SMARTS) is 1. The highest BCUT2D eigenvalue weighted by molar-refractivity contribution is 7.99. The van der Waals surface area contributed by atoms with Gasteiger partial charge in [-0.05, 0) is 23.3 Å². The maximum Gasteiger partial charge on any atom is 0.313 e. The van der Waals surface area contributed by atoms with E-state index in [0.717, 1.165) is 37.7 Å². The minimum absolute atomic E-state index is 0.0968. The predicted molar refractivity (Wildman–Crippen MR) is 66.6 cm³/mol. The van der Waals surface area contributed by atoms with Crippen LogP contribution in [0.5, 0.6) is 0 Å². The van der Waals surface area contributed by atoms with E-state index in [2.05, 4.69) is 15.5 Å². The van der Waals surface area contributed by atoms with E-state index in [9.17, 15) is 9.59 Å². The second kappa shape index (κ2) is 6.50. The first-order valence-corrected chi connectivity index (χ1v) is 7.04. The fraction of sp³-hybridized carbons (Fsp3) is 0.700. The largest absolute Gasteiger partial charge is 0.481 e. The molecule has 2 heterocycles. The Balaban J connectivity index is 1.83. The molecule has 0 aromatic carbocycles. The topological polar surface area (TPSA) is 101 Å². The lowest BCUT2D eigenvalue weighted by Gasteiger charge is -2.14. The molecule has 0 spiro atoms. The number of aliphatic carboxylic acids is 1. The Hall–Kier alpha value is -1.64. The second-order valence-corrected chi connectivity index (χ2v) is 5.15. The van der Waals surface area contributed by atoms with Crippen molar-refractivity contribution >= 4 is 23.6 Å². The smallest absolute Gasteiger partial charge is 0.313 e. The Morgan fingerprint density at radius 2 is 2.05 bits per heavy atom. The minimum Gasteiger partial charge on any atom is -0.481 e. The van der Waals surface area contributed by atoms with E-state index in [1.807, 2.05) is 4.90 Å². The quantitative estimate of drug-likeness (QED) is 0.726. The van der Waals surface area contributed by atoms with Crippen LogP contribution in [0.1, 0.15) is 19.3 Å². The van der Waals surface area contributed by atoms with Gasteiger partial charge in [0.15, 0.2) is 0 Å². The maximum absolute atomic E-state index is 11.9. The lowest BCUT2D eigenvalue weighted by atomic mass is 10.3. The Labute approximate surface area is 114 Å². The third-order valence-corrected chi connectivity index (χ3v) is 3.76. The Bertz CT molecular complexity index is 458. The van der Waals surface area contributed by atoms with Gasteiger partial charge in [0.1, 0.15) is 0 Å². The van der Waals surface area contributed by atoms with Crippen molar-refractivity contribution in [2.45, 2.75) is 31.0 Å². The van der Waals surface area contributed by atoms with Gasteiger partial charge in [-0.2, -0.15) is 0 Å². The van der Waals surface area contributed by atoms with Gasteiger partial charge in [0, 0.05) is 19.5 Å². The fourth-order valence-corrected chi connectivity index (χ4v) is 2.52. The zero-order valence-corrected chi connectivity index (χ0v) is 11.2. The van der Waals surface area contributed by atoms with Gasteiger partial charge in [-0.1, -0.05) is 11.8 Å². The fourth-order valence-electron chi connectivity index (χ4n) is 1.89. The molecule has 1 aromatic rings. The van der Waals surface area contributed by atoms with Crippen LogP contribution < -0.4 is 0 Å². The number of carbonyl (C=O) groups excluding carboxylic acids is 1. The summed E-state index contributed by atoms with van der Waals surface area (Å²) < 4.78 is 1.47. The molecular weight excluding hydrogens is 270 g/mol. The molecule has 1 aliphatic heterocycles. The Kier molecular flexibility index (Phi) is 4.72. The number of tetrazole rings is 1. The van der Waals surface area contributed by atoms with E-state index in [0.29, 0.717) is 18.1 Å². The molecule has 0 atom stereocenters. The maximum atomic E-state index is 11.9. The number of carbonyl (C=O) groups is 2. The lowest BCUT2D eigenvalue weighted by Crippen LogP contribution is -2.28. The lowest BCUT2D eigenvalue weighted by molar-refractivity contribution is -0.134. The van der Waals surface area contributed by atoms with Gasteiger partial charge in [-0.25, -0.2) is 4.68 Å². The van der Waals surface area contributed by atoms with Crippen LogP contribution >= 0.6 is 11.8 Å². The summed E-state index contributed by atoms with van der Waals surface area (Å²) in [5, 5.41) is 20.0. The van der Waals surface area contributed by atoms with Gasteiger partial charge in [-0.3, -0.25) is 9.59 Å². The monoisotopic (exact) mass is 285 g/mol. The summed E-state index contributed by atoms with van der Waals surface area (Å²) in [7, 11) is 0. The molecule has 0 saturated carbocycles. The number of carboxylic acids is 1. The molecule has 2 rings (SSSR count). The standard InChI is InChI=1S/C10H15N5O3S/c16-8(14-4-1-2-5-14)3-6-15-10(11-12-13-15)19-7-9(17)18/h1-7H2,(H,17,18). The first-order valence-electron chi connectivity index (χ1n) is 6.05. The molecule has 1 saturated heterocycles. The summed E-state index contributed by atoms with van der Waals surface area (Å²) in [4.78, 5) is 24.2. The van der Waals surface area contributed by atoms with Crippen LogP contribution in [0, 0.1) is 0 Å². The van der Waals surface area contributed by atoms with Crippen molar-refractivity contribution in [1.29, 1.82) is 0 Å². The molecule has 1 fully saturated rings. The Morgan fingerprint density at radius 3 is 2.74 bits per heavy atom. The van der Waals surface area contributed by atoms with Crippen LogP contribution in [-0.4, -0.2) is 60.9 Å². The third-order valence-electron chi connectivity index (χ3n) is 2.82. The summed E-state index contributed by atoms with van der Waals surface area (Å²) in [5.41, 5.74) is 0. The first-order chi connectivity index (χ1) is 9.16. The Morgan fingerprint density at radius 1 is 1.32 bits per heavy atom. The number of amides is 1. The zero-order valence-electron chi connectivity index (χ0n) is 10.4. The molecule has 1 aromatic heterocycles. The summed E-state index contributed by atoms with van der Waals surface area (Å²) in [6.07, 6.45) is 2.47. The highest BCUT2D eigenvalue weighted by Gasteiger charge is 2.18. The van der Waals surface area contributed by atoms with Crippen molar-refractivity contribution in [3.63, 3.8) is 0 Å². The van der Waals surface area contributed by atoms with Crippen molar-refractivity contribution in [3.8, 4) is 0 Å². The normalized spacial score (nSPS) is 14.8. The molecule has 1 amide bonds. The van der Waals surface area contributed by atoms with Gasteiger partial charge in [-0.15, -0.1) is 5.10 Å². The number of rotatable bonds is 6. The van der Waals surface area contributed by atoms with Gasteiger partial charge in [0.2, 0.25) is 11.1 Å². The molecule has 8 nitrogen and oxygen atoms in total. The number of hydrogen-bond acceptors (Lipinski definition) is 6. The van der Waals surface area contributed by atoms with E-state index in [1.165, 1.54) is 4.68 Å². The van der Waals surface area contributed by atoms with Crippen LogP contribution in [0.3, 0.4) is 0 Å². The number of likely N-dealkylation sites (tertiary alicyclic amines) is 1. The van der Waals surface area contributed by atoms with Crippen molar-refractivity contribution in [2.24, 2.45) is 0 Å². The van der Waals surface area contributed by atoms with E-state index < -0.39 is 5.97 Å². The molecule has 0 radical (unpaired) electrons. The van der Waals surface area contributed by atoms with Gasteiger partial charge < -0.3 is 10.0 Å². The highest BCUT2D eigenvalue weighted by Crippen LogP contribution is 2.14. The minimum atomic E-state index is -0.923. The molecular formula is C10H15N5O3S. The number of aryl methyl sites for hydroxylation is 1. The second-order valence-electron chi connectivity index (χ2n) is 4.20. The number of thioether (sulfide) groups is 1. The van der Waals surface area contributed by atoms with Crippen molar-refractivity contribution in [3.05, 3.63) is 0 Å². The van der Waals surface area contributed by atoms with Crippen molar-refractivity contribution in [2.75, 3.05) is 18.8 Å². The molecule has 0 unspecified atom stereocenters. The summed E-state index contributed by atoms with van der Waals surface area (Å²) >= 11 is 1.05. The van der Waals surface area contributed by atoms with E-state index in [-0.39, 0.29) is 11.7 Å². The van der Waals surface area contributed by atoms with Crippen LogP contribution in [0.2, 0.25) is 0 Å². The van der Waals surface area contributed by atoms with Gasteiger partial charge in [0.25, 0.3) is 0 Å². The number of hydrogen-bond donors (Lipinski definition) is 1. The molecule has 104 valence electrons. The summed E-state index contributed by atoms with van der Waals surface area (Å²) in [6.45, 7) is 2.04. The predicted octanol–water partition coefficient (Wildman–Crippen LogP) is -0.138. The van der Waals surface area contributed by atoms with E-state index in [4.69, 9.17) is 5.11 Å². The summed E-state index contributed by atoms with van der Waals surface area (Å²) in [6, 6.07) is 0. The highest BCUT2D eigenvalue weighted by atomic mass is 32.2. The average molecular weight is 285 g/mol. The zero-order chi connectivity index (χ0) is 13.7.